The number of fused-ring (bicyclic) bond motifs is 1. The molecule has 0 bridgehead atoms. The molecule has 6 nitrogen and oxygen atoms in total. The van der Waals surface area contributed by atoms with Crippen LogP contribution in [0.25, 0.3) is 11.2 Å². The topological polar surface area (TPSA) is 72.8 Å². The Bertz CT molecular complexity index is 761. The molecule has 0 saturated carbocycles. The first kappa shape index (κ1) is 11.5. The van der Waals surface area contributed by atoms with E-state index in [4.69, 9.17) is 4.74 Å². The van der Waals surface area contributed by atoms with Gasteiger partial charge in [0.25, 0.3) is 0 Å². The van der Waals surface area contributed by atoms with Gasteiger partial charge < -0.3 is 4.74 Å². The van der Waals surface area contributed by atoms with Crippen LogP contribution in [0.3, 0.4) is 0 Å². The third-order valence-electron chi connectivity index (χ3n) is 2.90. The summed E-state index contributed by atoms with van der Waals surface area (Å²) in [7, 11) is 1.51. The lowest BCUT2D eigenvalue weighted by Crippen LogP contribution is -2.17. The predicted octanol–water partition coefficient (Wildman–Crippen LogP) is 1.18. The van der Waals surface area contributed by atoms with Gasteiger partial charge in [0.15, 0.2) is 5.65 Å². The highest BCUT2D eigenvalue weighted by Gasteiger charge is 2.12. The fourth-order valence-electron chi connectivity index (χ4n) is 2.01. The molecule has 0 aliphatic carbocycles. The second kappa shape index (κ2) is 4.56. The van der Waals surface area contributed by atoms with Crippen LogP contribution in [-0.4, -0.2) is 26.6 Å². The van der Waals surface area contributed by atoms with E-state index in [0.717, 1.165) is 5.56 Å². The number of H-pyrrole nitrogens is 1. The number of methoxy groups -OCH3 is 1. The third-order valence-corrected chi connectivity index (χ3v) is 2.90. The molecule has 0 unspecified atom stereocenters. The van der Waals surface area contributed by atoms with Crippen LogP contribution < -0.4 is 10.4 Å². The van der Waals surface area contributed by atoms with Crippen molar-refractivity contribution in [2.75, 3.05) is 7.11 Å². The van der Waals surface area contributed by atoms with E-state index >= 15 is 0 Å². The highest BCUT2D eigenvalue weighted by Crippen LogP contribution is 2.17. The summed E-state index contributed by atoms with van der Waals surface area (Å²) in [6.07, 6.45) is 1.38. The predicted molar refractivity (Wildman–Crippen MR) is 70.2 cm³/mol. The van der Waals surface area contributed by atoms with Crippen molar-refractivity contribution in [3.63, 3.8) is 0 Å². The summed E-state index contributed by atoms with van der Waals surface area (Å²) in [4.78, 5) is 22.8. The minimum Gasteiger partial charge on any atom is -0.479 e. The monoisotopic (exact) mass is 256 g/mol. The minimum absolute atomic E-state index is 0.224. The van der Waals surface area contributed by atoms with Gasteiger partial charge in [-0.2, -0.15) is 4.98 Å². The van der Waals surface area contributed by atoms with Gasteiger partial charge in [-0.25, -0.2) is 9.78 Å². The van der Waals surface area contributed by atoms with Gasteiger partial charge in [-0.15, -0.1) is 0 Å². The van der Waals surface area contributed by atoms with Crippen LogP contribution in [-0.2, 0) is 6.54 Å². The summed E-state index contributed by atoms with van der Waals surface area (Å²) in [6.45, 7) is 0.458. The number of aromatic nitrogens is 4. The van der Waals surface area contributed by atoms with Gasteiger partial charge in [0.05, 0.1) is 13.7 Å². The second-order valence-corrected chi connectivity index (χ2v) is 4.08. The van der Waals surface area contributed by atoms with E-state index < -0.39 is 0 Å². The highest BCUT2D eigenvalue weighted by molar-refractivity contribution is 5.75. The molecule has 1 N–H and O–H groups in total. The third kappa shape index (κ3) is 1.97. The summed E-state index contributed by atoms with van der Waals surface area (Å²) in [5, 5.41) is 0. The molecule has 3 aromatic rings. The maximum atomic E-state index is 12.0. The molecule has 0 saturated heterocycles. The number of nitrogens with one attached hydrogen (secondary N) is 1. The van der Waals surface area contributed by atoms with Crippen LogP contribution >= 0.6 is 0 Å². The van der Waals surface area contributed by atoms with Crippen molar-refractivity contribution in [2.24, 2.45) is 0 Å². The van der Waals surface area contributed by atoms with Gasteiger partial charge >= 0.3 is 5.69 Å². The van der Waals surface area contributed by atoms with Crippen molar-refractivity contribution in [2.45, 2.75) is 6.54 Å². The number of ether oxygens (including phenoxy) is 1. The fraction of sp³-hybridized carbons (Fsp3) is 0.154. The number of aromatic amines is 1. The second-order valence-electron chi connectivity index (χ2n) is 4.08. The van der Waals surface area contributed by atoms with E-state index in [1.807, 2.05) is 30.3 Å². The van der Waals surface area contributed by atoms with Gasteiger partial charge in [-0.3, -0.25) is 9.55 Å². The Kier molecular flexibility index (Phi) is 2.75. The number of benzene rings is 1. The molecule has 0 amide bonds. The molecule has 0 aliphatic rings. The molecular weight excluding hydrogens is 244 g/mol. The van der Waals surface area contributed by atoms with Crippen molar-refractivity contribution in [1.29, 1.82) is 0 Å². The lowest BCUT2D eigenvalue weighted by atomic mass is 10.2. The Labute approximate surface area is 108 Å². The van der Waals surface area contributed by atoms with Crippen LogP contribution in [0.2, 0.25) is 0 Å². The van der Waals surface area contributed by atoms with Crippen LogP contribution in [0, 0.1) is 0 Å². The number of nitrogens with zero attached hydrogens (tertiary/aromatic N) is 3. The quantitative estimate of drug-likeness (QED) is 0.763. The Hall–Kier alpha value is -2.63. The Morgan fingerprint density at radius 3 is 2.79 bits per heavy atom. The number of rotatable bonds is 3. The normalized spacial score (nSPS) is 10.8. The summed E-state index contributed by atoms with van der Waals surface area (Å²) in [5.74, 6) is 0.369. The van der Waals surface area contributed by atoms with Crippen molar-refractivity contribution in [1.82, 2.24) is 19.5 Å². The zero-order valence-corrected chi connectivity index (χ0v) is 10.3. The van der Waals surface area contributed by atoms with Gasteiger partial charge in [0, 0.05) is 0 Å². The molecule has 2 heterocycles. The zero-order chi connectivity index (χ0) is 13.2. The van der Waals surface area contributed by atoms with E-state index in [0.29, 0.717) is 23.6 Å². The smallest absolute Gasteiger partial charge is 0.328 e. The molecule has 19 heavy (non-hydrogen) atoms. The highest BCUT2D eigenvalue weighted by atomic mass is 16.5. The number of imidazole rings is 1. The average molecular weight is 256 g/mol. The molecule has 0 aliphatic heterocycles. The maximum absolute atomic E-state index is 12.0. The fourth-order valence-corrected chi connectivity index (χ4v) is 2.01. The van der Waals surface area contributed by atoms with Crippen molar-refractivity contribution < 1.29 is 4.74 Å². The summed E-state index contributed by atoms with van der Waals surface area (Å²) in [6, 6.07) is 9.73. The Morgan fingerprint density at radius 2 is 2.05 bits per heavy atom. The first-order valence-electron chi connectivity index (χ1n) is 5.81. The first-order chi connectivity index (χ1) is 9.29. The van der Waals surface area contributed by atoms with Gasteiger partial charge in [0.2, 0.25) is 5.88 Å². The molecule has 1 aromatic carbocycles. The number of hydrogen-bond donors (Lipinski definition) is 1. The standard InChI is InChI=1S/C13H12N4O2/c1-19-12-10-11(14-8-15-12)17(13(18)16-10)7-9-5-3-2-4-6-9/h2-6,8H,7H2,1H3,(H,16,18). The molecule has 0 fully saturated rings. The van der Waals surface area contributed by atoms with E-state index in [9.17, 15) is 4.79 Å². The minimum atomic E-state index is -0.224. The van der Waals surface area contributed by atoms with Gasteiger partial charge in [0.1, 0.15) is 11.8 Å². The van der Waals surface area contributed by atoms with Crippen LogP contribution in [0.15, 0.2) is 41.5 Å². The molecule has 96 valence electrons. The Balaban J connectivity index is 2.14. The molecule has 0 spiro atoms. The van der Waals surface area contributed by atoms with E-state index in [1.54, 1.807) is 4.57 Å². The van der Waals surface area contributed by atoms with E-state index in [-0.39, 0.29) is 5.69 Å². The summed E-state index contributed by atoms with van der Waals surface area (Å²) in [5.41, 5.74) is 1.87. The van der Waals surface area contributed by atoms with Crippen LogP contribution in [0.5, 0.6) is 5.88 Å². The van der Waals surface area contributed by atoms with Gasteiger partial charge in [-0.1, -0.05) is 30.3 Å². The van der Waals surface area contributed by atoms with Crippen LogP contribution in [0.4, 0.5) is 0 Å². The zero-order valence-electron chi connectivity index (χ0n) is 10.3. The van der Waals surface area contributed by atoms with Crippen LogP contribution in [0.1, 0.15) is 5.56 Å². The van der Waals surface area contributed by atoms with E-state index in [1.165, 1.54) is 13.4 Å². The molecule has 2 aromatic heterocycles. The lowest BCUT2D eigenvalue weighted by molar-refractivity contribution is 0.401. The SMILES string of the molecule is COc1ncnc2c1[nH]c(=O)n2Cc1ccccc1. The Morgan fingerprint density at radius 1 is 1.26 bits per heavy atom. The molecule has 0 radical (unpaired) electrons. The summed E-state index contributed by atoms with van der Waals surface area (Å²) < 4.78 is 6.68. The van der Waals surface area contributed by atoms with Gasteiger partial charge in [-0.05, 0) is 5.56 Å². The molecule has 6 heteroatoms. The molecule has 0 atom stereocenters. The van der Waals surface area contributed by atoms with Crippen molar-refractivity contribution >= 4 is 11.2 Å². The summed E-state index contributed by atoms with van der Waals surface area (Å²) >= 11 is 0. The largest absolute Gasteiger partial charge is 0.479 e. The van der Waals surface area contributed by atoms with Crippen molar-refractivity contribution in [3.05, 3.63) is 52.7 Å². The first-order valence-corrected chi connectivity index (χ1v) is 5.81. The van der Waals surface area contributed by atoms with E-state index in [2.05, 4.69) is 15.0 Å². The lowest BCUT2D eigenvalue weighted by Gasteiger charge is -2.03. The maximum Gasteiger partial charge on any atom is 0.328 e. The van der Waals surface area contributed by atoms with Crippen molar-refractivity contribution in [3.8, 4) is 5.88 Å². The number of hydrogen-bond acceptors (Lipinski definition) is 4. The molecular formula is C13H12N4O2. The average Bonchev–Trinajstić information content (AvgIpc) is 2.76. The molecule has 3 rings (SSSR count).